The number of ketones is 1. The minimum Gasteiger partial charge on any atom is -0.549 e. The van der Waals surface area contributed by atoms with Crippen molar-refractivity contribution in [3.63, 3.8) is 0 Å². The van der Waals surface area contributed by atoms with Crippen LogP contribution < -0.4 is 39.4 Å². The minimum atomic E-state index is -1.33. The van der Waals surface area contributed by atoms with Crippen molar-refractivity contribution in [1.82, 2.24) is 0 Å². The molecule has 0 aliphatic carbocycles. The molecule has 2 N–H and O–H groups in total. The molecule has 1 atom stereocenters. The van der Waals surface area contributed by atoms with Gasteiger partial charge in [-0.2, -0.15) is 0 Å². The van der Waals surface area contributed by atoms with Gasteiger partial charge in [0, 0.05) is 27.6 Å². The second-order valence-electron chi connectivity index (χ2n) is 8.67. The van der Waals surface area contributed by atoms with E-state index in [2.05, 4.69) is 0 Å². The van der Waals surface area contributed by atoms with Crippen molar-refractivity contribution in [3.05, 3.63) is 53.1 Å². The van der Waals surface area contributed by atoms with Crippen LogP contribution in [0.1, 0.15) is 62.0 Å². The number of Topliss-reactive ketones (excluding diaryl/α,β-unsaturated/α-hetero) is 1. The van der Waals surface area contributed by atoms with E-state index in [1.807, 2.05) is 31.2 Å². The van der Waals surface area contributed by atoms with Crippen LogP contribution in [-0.4, -0.2) is 40.4 Å². The number of aromatic hydroxyl groups is 1. The molecule has 2 aromatic carbocycles. The van der Waals surface area contributed by atoms with E-state index in [0.717, 1.165) is 29.1 Å². The Morgan fingerprint density at radius 1 is 1.21 bits per heavy atom. The number of hydrogen-bond acceptors (Lipinski definition) is 7. The van der Waals surface area contributed by atoms with Gasteiger partial charge < -0.3 is 24.9 Å². The van der Waals surface area contributed by atoms with Crippen LogP contribution in [0.25, 0.3) is 0 Å². The van der Waals surface area contributed by atoms with Gasteiger partial charge in [-0.3, -0.25) is 4.79 Å². The molecular formula is C26H33NaO6S. The summed E-state index contributed by atoms with van der Waals surface area (Å²) in [4.78, 5) is 23.9. The van der Waals surface area contributed by atoms with Crippen LogP contribution in [0.5, 0.6) is 11.5 Å². The van der Waals surface area contributed by atoms with E-state index in [9.17, 15) is 24.9 Å². The molecule has 1 unspecified atom stereocenters. The topological polar surface area (TPSA) is 107 Å². The number of carboxylic acid groups (broad SMARTS) is 1. The molecule has 0 aliphatic heterocycles. The van der Waals surface area contributed by atoms with Crippen LogP contribution in [0.2, 0.25) is 0 Å². The SMILES string of the molecule is CCCc1c(OCCCSc2cccc(CC(O)C(C)(C)C(=O)[O-])c2)ccc(C(C)=O)c1O.[Na+]. The number of thioether (sulfide) groups is 1. The fraction of sp³-hybridized carbons (Fsp3) is 0.462. The number of phenolic OH excluding ortho intramolecular Hbond substituents is 1. The zero-order valence-corrected chi connectivity index (χ0v) is 23.5. The quantitative estimate of drug-likeness (QED) is 0.183. The van der Waals surface area contributed by atoms with Gasteiger partial charge in [0.05, 0.1) is 18.3 Å². The number of aliphatic hydroxyl groups is 1. The molecule has 0 fully saturated rings. The largest absolute Gasteiger partial charge is 1.00 e. The third kappa shape index (κ3) is 8.31. The van der Waals surface area contributed by atoms with Gasteiger partial charge >= 0.3 is 29.6 Å². The summed E-state index contributed by atoms with van der Waals surface area (Å²) in [7, 11) is 0. The summed E-state index contributed by atoms with van der Waals surface area (Å²) in [5.41, 5.74) is 0.523. The molecule has 0 saturated heterocycles. The smallest absolute Gasteiger partial charge is 0.549 e. The second-order valence-corrected chi connectivity index (χ2v) is 9.84. The Bertz CT molecular complexity index is 976. The first-order valence-corrected chi connectivity index (χ1v) is 12.2. The number of benzene rings is 2. The average molecular weight is 497 g/mol. The van der Waals surface area contributed by atoms with Gasteiger partial charge in [0.1, 0.15) is 11.5 Å². The maximum absolute atomic E-state index is 11.7. The standard InChI is InChI=1S/C26H34O6S.Na/c1-5-8-21-22(12-11-20(17(2)27)24(21)29)32-13-7-14-33-19-10-6-9-18(15-19)16-23(28)26(3,4)25(30)31;/h6,9-12,15,23,28-29H,5,7-8,13-14,16H2,1-4H3,(H,30,31);/q;+1/p-1. The van der Waals surface area contributed by atoms with Crippen LogP contribution in [0.3, 0.4) is 0 Å². The zero-order valence-electron chi connectivity index (χ0n) is 20.7. The summed E-state index contributed by atoms with van der Waals surface area (Å²) in [6.07, 6.45) is 1.42. The van der Waals surface area contributed by atoms with Crippen molar-refractivity contribution in [3.8, 4) is 11.5 Å². The Kier molecular flexibility index (Phi) is 12.7. The summed E-state index contributed by atoms with van der Waals surface area (Å²) in [6.45, 7) is 6.84. The van der Waals surface area contributed by atoms with Crippen LogP contribution in [-0.2, 0) is 17.6 Å². The zero-order chi connectivity index (χ0) is 24.6. The Morgan fingerprint density at radius 2 is 1.91 bits per heavy atom. The number of phenols is 1. The number of aliphatic carboxylic acids is 1. The number of ether oxygens (including phenoxy) is 1. The van der Waals surface area contributed by atoms with Crippen LogP contribution in [0, 0.1) is 5.41 Å². The monoisotopic (exact) mass is 496 g/mol. The van der Waals surface area contributed by atoms with E-state index in [1.54, 1.807) is 23.9 Å². The normalized spacial score (nSPS) is 12.0. The first kappa shape index (κ1) is 30.5. The van der Waals surface area contributed by atoms with Crippen LogP contribution in [0.4, 0.5) is 0 Å². The Balaban J connectivity index is 0.00000578. The Hall–Kier alpha value is -1.51. The molecule has 34 heavy (non-hydrogen) atoms. The van der Waals surface area contributed by atoms with Crippen molar-refractivity contribution in [2.75, 3.05) is 12.4 Å². The molecule has 6 nitrogen and oxygen atoms in total. The summed E-state index contributed by atoms with van der Waals surface area (Å²) < 4.78 is 5.90. The molecule has 0 saturated carbocycles. The number of carbonyl (C=O) groups is 2. The number of aliphatic hydroxyl groups excluding tert-OH is 1. The molecule has 180 valence electrons. The fourth-order valence-corrected chi connectivity index (χ4v) is 4.24. The third-order valence-electron chi connectivity index (χ3n) is 5.62. The van der Waals surface area contributed by atoms with Gasteiger partial charge in [-0.05, 0) is 56.0 Å². The Morgan fingerprint density at radius 3 is 2.53 bits per heavy atom. The van der Waals surface area contributed by atoms with Gasteiger partial charge in [0.25, 0.3) is 0 Å². The maximum Gasteiger partial charge on any atom is 1.00 e. The molecule has 2 aromatic rings. The number of hydrogen-bond donors (Lipinski definition) is 2. The van der Waals surface area contributed by atoms with E-state index in [-0.39, 0.29) is 47.5 Å². The van der Waals surface area contributed by atoms with E-state index in [4.69, 9.17) is 4.74 Å². The van der Waals surface area contributed by atoms with Gasteiger partial charge in [-0.1, -0.05) is 39.3 Å². The van der Waals surface area contributed by atoms with Gasteiger partial charge in [0.15, 0.2) is 5.78 Å². The molecule has 0 amide bonds. The van der Waals surface area contributed by atoms with Crippen molar-refractivity contribution >= 4 is 23.5 Å². The maximum atomic E-state index is 11.7. The first-order valence-electron chi connectivity index (χ1n) is 11.2. The number of rotatable bonds is 13. The minimum absolute atomic E-state index is 0. The molecular weight excluding hydrogens is 463 g/mol. The van der Waals surface area contributed by atoms with E-state index >= 15 is 0 Å². The van der Waals surface area contributed by atoms with E-state index in [0.29, 0.717) is 29.9 Å². The fourth-order valence-electron chi connectivity index (χ4n) is 3.34. The molecule has 0 spiro atoms. The molecule has 0 radical (unpaired) electrons. The van der Waals surface area contributed by atoms with Crippen molar-refractivity contribution in [1.29, 1.82) is 0 Å². The van der Waals surface area contributed by atoms with Crippen molar-refractivity contribution < 1.29 is 59.2 Å². The molecule has 8 heteroatoms. The molecule has 2 rings (SSSR count). The summed E-state index contributed by atoms with van der Waals surface area (Å²) in [5.74, 6) is -0.0254. The predicted molar refractivity (Wildman–Crippen MR) is 128 cm³/mol. The second kappa shape index (κ2) is 14.1. The molecule has 0 bridgehead atoms. The van der Waals surface area contributed by atoms with Gasteiger partial charge in [-0.25, -0.2) is 0 Å². The molecule has 0 aliphatic rings. The molecule has 0 heterocycles. The van der Waals surface area contributed by atoms with Crippen LogP contribution in [0.15, 0.2) is 41.3 Å². The first-order chi connectivity index (χ1) is 15.6. The van der Waals surface area contributed by atoms with E-state index in [1.165, 1.54) is 20.8 Å². The van der Waals surface area contributed by atoms with Crippen molar-refractivity contribution in [2.24, 2.45) is 5.41 Å². The molecule has 0 aromatic heterocycles. The number of carboxylic acids is 1. The van der Waals surface area contributed by atoms with Gasteiger partial charge in [0.2, 0.25) is 0 Å². The van der Waals surface area contributed by atoms with Crippen LogP contribution >= 0.6 is 11.8 Å². The summed E-state index contributed by atoms with van der Waals surface area (Å²) >= 11 is 1.65. The number of carbonyl (C=O) groups excluding carboxylic acids is 2. The van der Waals surface area contributed by atoms with Crippen molar-refractivity contribution in [2.45, 2.75) is 64.4 Å². The summed E-state index contributed by atoms with van der Waals surface area (Å²) in [5, 5.41) is 32.0. The van der Waals surface area contributed by atoms with E-state index < -0.39 is 17.5 Å². The summed E-state index contributed by atoms with van der Waals surface area (Å²) in [6, 6.07) is 11.0. The van der Waals surface area contributed by atoms with Gasteiger partial charge in [-0.15, -0.1) is 11.8 Å². The predicted octanol–water partition coefficient (Wildman–Crippen LogP) is 0.792. The third-order valence-corrected chi connectivity index (χ3v) is 6.70. The average Bonchev–Trinajstić information content (AvgIpc) is 2.75. The Labute approximate surface area is 228 Å².